The van der Waals surface area contributed by atoms with E-state index in [0.717, 1.165) is 11.1 Å². The summed E-state index contributed by atoms with van der Waals surface area (Å²) in [6.07, 6.45) is 0. The Labute approximate surface area is 211 Å². The number of benzene rings is 2. The Hall–Kier alpha value is -3.50. The zero-order chi connectivity index (χ0) is 24.2. The molecule has 4 rings (SSSR count). The van der Waals surface area contributed by atoms with Crippen LogP contribution < -0.4 is 20.1 Å². The fourth-order valence-electron chi connectivity index (χ4n) is 3.19. The number of hydrogen-bond acceptors (Lipinski definition) is 6. The van der Waals surface area contributed by atoms with Gasteiger partial charge in [0.2, 0.25) is 0 Å². The van der Waals surface area contributed by atoms with E-state index in [1.54, 1.807) is 48.5 Å². The van der Waals surface area contributed by atoms with E-state index in [1.165, 1.54) is 14.2 Å². The van der Waals surface area contributed by atoms with Gasteiger partial charge in [0, 0.05) is 0 Å². The quantitative estimate of drug-likeness (QED) is 0.252. The smallest absolute Gasteiger partial charge is 0.291 e. The van der Waals surface area contributed by atoms with Gasteiger partial charge in [-0.1, -0.05) is 12.1 Å². The molecular weight excluding hydrogens is 572 g/mol. The summed E-state index contributed by atoms with van der Waals surface area (Å²) in [6.45, 7) is 0. The third-order valence-corrected chi connectivity index (χ3v) is 5.68. The van der Waals surface area contributed by atoms with Crippen molar-refractivity contribution >= 4 is 55.0 Å². The molecule has 174 valence electrons. The number of nitrogens with one attached hydrogen (secondary N) is 2. The summed E-state index contributed by atoms with van der Waals surface area (Å²) < 4.78 is 22.5. The van der Waals surface area contributed by atoms with Crippen LogP contribution in [-0.2, 0) is 0 Å². The van der Waals surface area contributed by atoms with Crippen molar-refractivity contribution in [3.8, 4) is 22.6 Å². The van der Waals surface area contributed by atoms with Crippen LogP contribution in [0, 0.1) is 0 Å². The number of ether oxygens (including phenoxy) is 2. The van der Waals surface area contributed by atoms with Gasteiger partial charge in [0.25, 0.3) is 11.8 Å². The van der Waals surface area contributed by atoms with Gasteiger partial charge in [-0.15, -0.1) is 0 Å². The van der Waals surface area contributed by atoms with E-state index in [4.69, 9.17) is 18.3 Å². The van der Waals surface area contributed by atoms with Crippen molar-refractivity contribution in [3.05, 3.63) is 81.5 Å². The first kappa shape index (κ1) is 23.7. The molecular formula is C24H18Br2N2O6. The van der Waals surface area contributed by atoms with Crippen LogP contribution in [0.5, 0.6) is 11.5 Å². The largest absolute Gasteiger partial charge is 0.495 e. The lowest BCUT2D eigenvalue weighted by molar-refractivity contribution is 0.0988. The Morgan fingerprint density at radius 1 is 0.676 bits per heavy atom. The van der Waals surface area contributed by atoms with Crippen LogP contribution in [0.4, 0.5) is 11.4 Å². The van der Waals surface area contributed by atoms with Crippen molar-refractivity contribution in [2.45, 2.75) is 0 Å². The van der Waals surface area contributed by atoms with Crippen molar-refractivity contribution in [3.63, 3.8) is 0 Å². The summed E-state index contributed by atoms with van der Waals surface area (Å²) in [6, 6.07) is 17.1. The second kappa shape index (κ2) is 10.2. The van der Waals surface area contributed by atoms with Crippen LogP contribution in [0.1, 0.15) is 21.1 Å². The van der Waals surface area contributed by atoms with E-state index in [9.17, 15) is 9.59 Å². The molecule has 0 saturated carbocycles. The molecule has 2 aromatic heterocycles. The molecule has 0 fully saturated rings. The minimum atomic E-state index is -0.401. The molecule has 0 radical (unpaired) electrons. The zero-order valence-electron chi connectivity index (χ0n) is 18.0. The average Bonchev–Trinajstić information content (AvgIpc) is 3.48. The molecule has 34 heavy (non-hydrogen) atoms. The lowest BCUT2D eigenvalue weighted by Crippen LogP contribution is -2.12. The highest BCUT2D eigenvalue weighted by Crippen LogP contribution is 2.35. The van der Waals surface area contributed by atoms with Crippen LogP contribution in [0.25, 0.3) is 11.1 Å². The Morgan fingerprint density at radius 2 is 1.09 bits per heavy atom. The normalized spacial score (nSPS) is 10.6. The van der Waals surface area contributed by atoms with Crippen molar-refractivity contribution in [2.75, 3.05) is 24.9 Å². The summed E-state index contributed by atoms with van der Waals surface area (Å²) in [5.41, 5.74) is 2.62. The van der Waals surface area contributed by atoms with E-state index < -0.39 is 11.8 Å². The van der Waals surface area contributed by atoms with Gasteiger partial charge in [0.05, 0.1) is 25.6 Å². The van der Waals surface area contributed by atoms with Crippen LogP contribution in [0.15, 0.2) is 78.8 Å². The minimum Gasteiger partial charge on any atom is -0.495 e. The van der Waals surface area contributed by atoms with Crippen molar-refractivity contribution in [1.29, 1.82) is 0 Å². The molecule has 0 aliphatic rings. The molecule has 0 saturated heterocycles. The molecule has 2 N–H and O–H groups in total. The number of anilines is 2. The van der Waals surface area contributed by atoms with Gasteiger partial charge in [-0.25, -0.2) is 0 Å². The fourth-order valence-corrected chi connectivity index (χ4v) is 3.80. The standard InChI is InChI=1S/C24H18Br2N2O6/c1-31-19-11-13(3-5-15(19)27-23(29)17-7-9-21(25)33-17)14-4-6-16(20(12-14)32-2)28-24(30)18-8-10-22(26)34-18/h3-12H,1-2H3,(H,27,29)(H,28,30). The van der Waals surface area contributed by atoms with E-state index in [1.807, 2.05) is 12.1 Å². The number of hydrogen-bond donors (Lipinski definition) is 2. The van der Waals surface area contributed by atoms with Crippen molar-refractivity contribution in [2.24, 2.45) is 0 Å². The molecule has 8 nitrogen and oxygen atoms in total. The first-order valence-corrected chi connectivity index (χ1v) is 11.5. The summed E-state index contributed by atoms with van der Waals surface area (Å²) in [5, 5.41) is 5.55. The Balaban J connectivity index is 1.56. The van der Waals surface area contributed by atoms with Crippen LogP contribution in [0.3, 0.4) is 0 Å². The van der Waals surface area contributed by atoms with E-state index in [2.05, 4.69) is 42.5 Å². The molecule has 2 heterocycles. The SMILES string of the molecule is COc1cc(-c2ccc(NC(=O)c3ccc(Br)o3)c(OC)c2)ccc1NC(=O)c1ccc(Br)o1. The van der Waals surface area contributed by atoms with E-state index in [-0.39, 0.29) is 11.5 Å². The van der Waals surface area contributed by atoms with Crippen molar-refractivity contribution < 1.29 is 27.9 Å². The fraction of sp³-hybridized carbons (Fsp3) is 0.0833. The Kier molecular flexibility index (Phi) is 7.09. The first-order chi connectivity index (χ1) is 16.4. The number of carbonyl (C=O) groups is 2. The lowest BCUT2D eigenvalue weighted by atomic mass is 10.0. The molecule has 0 bridgehead atoms. The highest BCUT2D eigenvalue weighted by Gasteiger charge is 2.16. The molecule has 0 unspecified atom stereocenters. The summed E-state index contributed by atoms with van der Waals surface area (Å²) in [5.74, 6) is 0.473. The van der Waals surface area contributed by atoms with E-state index in [0.29, 0.717) is 32.2 Å². The first-order valence-electron chi connectivity index (χ1n) is 9.87. The predicted molar refractivity (Wildman–Crippen MR) is 134 cm³/mol. The summed E-state index contributed by atoms with van der Waals surface area (Å²) >= 11 is 6.36. The third-order valence-electron chi connectivity index (χ3n) is 4.83. The van der Waals surface area contributed by atoms with Gasteiger partial charge < -0.3 is 28.9 Å². The van der Waals surface area contributed by atoms with Gasteiger partial charge in [-0.05, 0) is 91.5 Å². The molecule has 4 aromatic rings. The maximum atomic E-state index is 12.4. The Morgan fingerprint density at radius 3 is 1.41 bits per heavy atom. The molecule has 0 atom stereocenters. The minimum absolute atomic E-state index is 0.169. The Bertz CT molecular complexity index is 1260. The molecule has 0 spiro atoms. The molecule has 10 heteroatoms. The second-order valence-corrected chi connectivity index (χ2v) is 8.51. The van der Waals surface area contributed by atoms with Gasteiger partial charge in [-0.2, -0.15) is 0 Å². The highest BCUT2D eigenvalue weighted by atomic mass is 79.9. The number of methoxy groups -OCH3 is 2. The van der Waals surface area contributed by atoms with Gasteiger partial charge >= 0.3 is 0 Å². The summed E-state index contributed by atoms with van der Waals surface area (Å²) in [4.78, 5) is 24.8. The number of amides is 2. The van der Waals surface area contributed by atoms with E-state index >= 15 is 0 Å². The summed E-state index contributed by atoms with van der Waals surface area (Å²) in [7, 11) is 3.04. The van der Waals surface area contributed by atoms with Gasteiger partial charge in [0.15, 0.2) is 20.9 Å². The zero-order valence-corrected chi connectivity index (χ0v) is 21.2. The second-order valence-electron chi connectivity index (χ2n) is 6.95. The van der Waals surface area contributed by atoms with Crippen LogP contribution in [-0.4, -0.2) is 26.0 Å². The highest BCUT2D eigenvalue weighted by molar-refractivity contribution is 9.10. The predicted octanol–water partition coefficient (Wildman–Crippen LogP) is 6.59. The number of halogens is 2. The molecule has 0 aliphatic heterocycles. The van der Waals surface area contributed by atoms with Crippen molar-refractivity contribution in [1.82, 2.24) is 0 Å². The number of rotatable bonds is 7. The molecule has 2 aromatic carbocycles. The van der Waals surface area contributed by atoms with Gasteiger partial charge in [-0.3, -0.25) is 9.59 Å². The monoisotopic (exact) mass is 588 g/mol. The maximum Gasteiger partial charge on any atom is 0.291 e. The molecule has 0 aliphatic carbocycles. The maximum absolute atomic E-state index is 12.4. The number of furan rings is 2. The number of carbonyl (C=O) groups excluding carboxylic acids is 2. The average molecular weight is 590 g/mol. The third kappa shape index (κ3) is 5.18. The topological polar surface area (TPSA) is 103 Å². The lowest BCUT2D eigenvalue weighted by Gasteiger charge is -2.14. The van der Waals surface area contributed by atoms with Crippen LogP contribution >= 0.6 is 31.9 Å². The van der Waals surface area contributed by atoms with Crippen LogP contribution in [0.2, 0.25) is 0 Å². The van der Waals surface area contributed by atoms with Gasteiger partial charge in [0.1, 0.15) is 11.5 Å². The molecule has 2 amide bonds.